The van der Waals surface area contributed by atoms with Crippen LogP contribution in [0.1, 0.15) is 28.1 Å². The van der Waals surface area contributed by atoms with Crippen LogP contribution in [-0.4, -0.2) is 18.4 Å². The molecule has 5 rings (SSSR count). The molecule has 0 fully saturated rings. The number of nitrogens with one attached hydrogen (secondary N) is 1. The number of anilines is 2. The van der Waals surface area contributed by atoms with Crippen LogP contribution in [0.15, 0.2) is 95.6 Å². The van der Waals surface area contributed by atoms with Crippen LogP contribution >= 0.6 is 0 Å². The van der Waals surface area contributed by atoms with E-state index in [2.05, 4.69) is 17.4 Å². The minimum absolute atomic E-state index is 0.0952. The van der Waals surface area contributed by atoms with Gasteiger partial charge in [0, 0.05) is 17.9 Å². The normalized spacial score (nSPS) is 12.8. The monoisotopic (exact) mass is 436 g/mol. The number of benzene rings is 3. The predicted octanol–water partition coefficient (Wildman–Crippen LogP) is 5.72. The molecule has 1 aliphatic heterocycles. The van der Waals surface area contributed by atoms with E-state index in [-0.39, 0.29) is 18.2 Å². The van der Waals surface area contributed by atoms with Gasteiger partial charge < -0.3 is 14.6 Å². The Balaban J connectivity index is 1.28. The number of aryl methyl sites for hydroxylation is 1. The minimum Gasteiger partial charge on any atom is -0.459 e. The summed E-state index contributed by atoms with van der Waals surface area (Å²) in [5.74, 6) is 0.0568. The Morgan fingerprint density at radius 2 is 1.67 bits per heavy atom. The molecule has 1 aliphatic rings. The van der Waals surface area contributed by atoms with Crippen molar-refractivity contribution >= 4 is 23.2 Å². The second-order valence-electron chi connectivity index (χ2n) is 8.17. The first kappa shape index (κ1) is 20.8. The molecule has 0 bridgehead atoms. The lowest BCUT2D eigenvalue weighted by molar-refractivity contribution is -0.115. The minimum atomic E-state index is -0.164. The molecule has 33 heavy (non-hydrogen) atoms. The van der Waals surface area contributed by atoms with Gasteiger partial charge in [0.25, 0.3) is 5.91 Å². The summed E-state index contributed by atoms with van der Waals surface area (Å²) in [5.41, 5.74) is 5.81. The fourth-order valence-electron chi connectivity index (χ4n) is 4.23. The van der Waals surface area contributed by atoms with Crippen LogP contribution in [0.3, 0.4) is 0 Å². The number of carbonyl (C=O) groups is 2. The van der Waals surface area contributed by atoms with E-state index in [1.807, 2.05) is 60.7 Å². The zero-order valence-electron chi connectivity index (χ0n) is 18.2. The maximum Gasteiger partial charge on any atom is 0.293 e. The molecular weight excluding hydrogens is 412 g/mol. The molecule has 0 atom stereocenters. The number of rotatable bonds is 5. The van der Waals surface area contributed by atoms with Gasteiger partial charge >= 0.3 is 0 Å². The van der Waals surface area contributed by atoms with Crippen molar-refractivity contribution in [2.75, 3.05) is 16.8 Å². The van der Waals surface area contributed by atoms with Gasteiger partial charge in [-0.15, -0.1) is 0 Å². The second-order valence-corrected chi connectivity index (χ2v) is 8.17. The van der Waals surface area contributed by atoms with Crippen LogP contribution < -0.4 is 10.2 Å². The van der Waals surface area contributed by atoms with Crippen LogP contribution in [0.5, 0.6) is 0 Å². The summed E-state index contributed by atoms with van der Waals surface area (Å²) in [6.07, 6.45) is 3.58. The quantitative estimate of drug-likeness (QED) is 0.435. The van der Waals surface area contributed by atoms with Crippen molar-refractivity contribution < 1.29 is 14.0 Å². The average Bonchev–Trinajstić information content (AvgIpc) is 3.39. The summed E-state index contributed by atoms with van der Waals surface area (Å²) < 4.78 is 5.30. The van der Waals surface area contributed by atoms with E-state index in [4.69, 9.17) is 4.42 Å². The molecule has 0 radical (unpaired) electrons. The van der Waals surface area contributed by atoms with Crippen molar-refractivity contribution in [3.8, 4) is 11.1 Å². The zero-order valence-corrected chi connectivity index (χ0v) is 18.2. The number of nitrogens with zero attached hydrogens (tertiary/aromatic N) is 1. The lowest BCUT2D eigenvalue weighted by Crippen LogP contribution is -2.35. The first-order valence-corrected chi connectivity index (χ1v) is 11.1. The SMILES string of the molecule is O=C(Cc1ccc(-c2ccccc2)cc1)Nc1ccc2c(c1)N(C(=O)c1ccco1)CCC2. The molecule has 3 aromatic carbocycles. The third-order valence-electron chi connectivity index (χ3n) is 5.89. The van der Waals surface area contributed by atoms with Crippen LogP contribution in [0.2, 0.25) is 0 Å². The molecule has 4 aromatic rings. The molecule has 0 unspecified atom stereocenters. The van der Waals surface area contributed by atoms with Crippen molar-refractivity contribution in [1.82, 2.24) is 0 Å². The first-order valence-electron chi connectivity index (χ1n) is 11.1. The molecule has 1 aromatic heterocycles. The summed E-state index contributed by atoms with van der Waals surface area (Å²) in [7, 11) is 0. The molecule has 0 spiro atoms. The Bertz CT molecular complexity index is 1260. The third-order valence-corrected chi connectivity index (χ3v) is 5.89. The number of carbonyl (C=O) groups excluding carboxylic acids is 2. The van der Waals surface area contributed by atoms with Gasteiger partial charge in [-0.05, 0) is 59.4 Å². The van der Waals surface area contributed by atoms with Gasteiger partial charge in [-0.25, -0.2) is 0 Å². The van der Waals surface area contributed by atoms with Crippen molar-refractivity contribution in [2.24, 2.45) is 0 Å². The third kappa shape index (κ3) is 4.58. The molecule has 164 valence electrons. The van der Waals surface area contributed by atoms with Gasteiger partial charge in [0.2, 0.25) is 5.91 Å². The van der Waals surface area contributed by atoms with E-state index in [1.165, 1.54) is 6.26 Å². The topological polar surface area (TPSA) is 62.6 Å². The molecule has 0 saturated heterocycles. The highest BCUT2D eigenvalue weighted by Gasteiger charge is 2.25. The van der Waals surface area contributed by atoms with Crippen LogP contribution in [0.25, 0.3) is 11.1 Å². The molecule has 5 heteroatoms. The predicted molar refractivity (Wildman–Crippen MR) is 129 cm³/mol. The Labute approximate surface area is 192 Å². The molecule has 0 saturated carbocycles. The molecule has 1 N–H and O–H groups in total. The number of hydrogen-bond acceptors (Lipinski definition) is 3. The van der Waals surface area contributed by atoms with Crippen LogP contribution in [-0.2, 0) is 17.6 Å². The molecule has 2 amide bonds. The van der Waals surface area contributed by atoms with E-state index >= 15 is 0 Å². The van der Waals surface area contributed by atoms with Crippen molar-refractivity contribution in [3.05, 3.63) is 108 Å². The summed E-state index contributed by atoms with van der Waals surface area (Å²) >= 11 is 0. The van der Waals surface area contributed by atoms with E-state index in [0.717, 1.165) is 40.8 Å². The lowest BCUT2D eigenvalue weighted by Gasteiger charge is -2.29. The molecular formula is C28H24N2O3. The van der Waals surface area contributed by atoms with Crippen molar-refractivity contribution in [2.45, 2.75) is 19.3 Å². The van der Waals surface area contributed by atoms with Gasteiger partial charge in [0.05, 0.1) is 12.7 Å². The maximum atomic E-state index is 12.9. The largest absolute Gasteiger partial charge is 0.459 e. The van der Waals surface area contributed by atoms with Crippen LogP contribution in [0, 0.1) is 0 Å². The number of fused-ring (bicyclic) bond motifs is 1. The van der Waals surface area contributed by atoms with Gasteiger partial charge in [-0.2, -0.15) is 0 Å². The van der Waals surface area contributed by atoms with E-state index in [9.17, 15) is 9.59 Å². The van der Waals surface area contributed by atoms with E-state index in [1.54, 1.807) is 17.0 Å². The zero-order chi connectivity index (χ0) is 22.6. The molecule has 5 nitrogen and oxygen atoms in total. The number of hydrogen-bond donors (Lipinski definition) is 1. The Hall–Kier alpha value is -4.12. The summed E-state index contributed by atoms with van der Waals surface area (Å²) in [5, 5.41) is 2.98. The smallest absolute Gasteiger partial charge is 0.293 e. The van der Waals surface area contributed by atoms with Crippen molar-refractivity contribution in [3.63, 3.8) is 0 Å². The summed E-state index contributed by atoms with van der Waals surface area (Å²) in [6.45, 7) is 0.623. The van der Waals surface area contributed by atoms with Crippen molar-refractivity contribution in [1.29, 1.82) is 0 Å². The fraction of sp³-hybridized carbons (Fsp3) is 0.143. The Morgan fingerprint density at radius 3 is 2.42 bits per heavy atom. The van der Waals surface area contributed by atoms with Gasteiger partial charge in [0.1, 0.15) is 0 Å². The standard InChI is InChI=1S/C28H24N2O3/c31-27(18-20-10-12-22(13-11-20)21-6-2-1-3-7-21)29-24-15-14-23-8-4-16-30(25(23)19-24)28(32)26-9-5-17-33-26/h1-3,5-7,9-15,17,19H,4,8,16,18H2,(H,29,31). The number of amides is 2. The highest BCUT2D eigenvalue weighted by Crippen LogP contribution is 2.31. The van der Waals surface area contributed by atoms with Gasteiger partial charge in [0.15, 0.2) is 5.76 Å². The average molecular weight is 437 g/mol. The van der Waals surface area contributed by atoms with Crippen LogP contribution in [0.4, 0.5) is 11.4 Å². The fourth-order valence-corrected chi connectivity index (χ4v) is 4.23. The molecule has 2 heterocycles. The highest BCUT2D eigenvalue weighted by molar-refractivity contribution is 6.05. The Morgan fingerprint density at radius 1 is 0.879 bits per heavy atom. The molecule has 0 aliphatic carbocycles. The van der Waals surface area contributed by atoms with Gasteiger partial charge in [-0.1, -0.05) is 60.7 Å². The lowest BCUT2D eigenvalue weighted by atomic mass is 10.0. The summed E-state index contributed by atoms with van der Waals surface area (Å²) in [6, 6.07) is 27.3. The van der Waals surface area contributed by atoms with E-state index < -0.39 is 0 Å². The first-order chi connectivity index (χ1) is 16.2. The highest BCUT2D eigenvalue weighted by atomic mass is 16.3. The summed E-state index contributed by atoms with van der Waals surface area (Å²) in [4.78, 5) is 27.3. The maximum absolute atomic E-state index is 12.9. The number of furan rings is 1. The second kappa shape index (κ2) is 9.17. The van der Waals surface area contributed by atoms with E-state index in [0.29, 0.717) is 18.0 Å². The Kier molecular flexibility index (Phi) is 5.77. The van der Waals surface area contributed by atoms with Gasteiger partial charge in [-0.3, -0.25) is 9.59 Å².